The van der Waals surface area contributed by atoms with Crippen molar-refractivity contribution in [3.63, 3.8) is 0 Å². The number of rotatable bonds is 3. The molecule has 17 heavy (non-hydrogen) atoms. The lowest BCUT2D eigenvalue weighted by Gasteiger charge is -2.14. The lowest BCUT2D eigenvalue weighted by atomic mass is 10.3. The van der Waals surface area contributed by atoms with Crippen molar-refractivity contribution in [3.05, 3.63) is 18.2 Å². The van der Waals surface area contributed by atoms with Crippen LogP contribution in [0, 0.1) is 0 Å². The zero-order chi connectivity index (χ0) is 12.5. The number of carbonyl (C=O) groups excluding carboxylic acids is 1. The smallest absolute Gasteiger partial charge is 0.298 e. The summed E-state index contributed by atoms with van der Waals surface area (Å²) in [5.41, 5.74) is 1.74. The standard InChI is InChI=1S/C12H14N2O2S/c1-12(2,3)17-11-13-9-5-4-8(16-7-15)6-10(9)14-11/h4-7H,1-3H3,(H,13,14). The van der Waals surface area contributed by atoms with Crippen LogP contribution in [0.4, 0.5) is 0 Å². The van der Waals surface area contributed by atoms with Crippen molar-refractivity contribution in [3.8, 4) is 5.75 Å². The first-order chi connectivity index (χ1) is 7.98. The van der Waals surface area contributed by atoms with Crippen molar-refractivity contribution in [1.82, 2.24) is 9.97 Å². The van der Waals surface area contributed by atoms with Gasteiger partial charge in [-0.2, -0.15) is 0 Å². The molecule has 2 rings (SSSR count). The van der Waals surface area contributed by atoms with E-state index in [0.717, 1.165) is 16.2 Å². The summed E-state index contributed by atoms with van der Waals surface area (Å²) in [4.78, 5) is 17.9. The molecule has 1 N–H and O–H groups in total. The minimum Gasteiger partial charge on any atom is -0.429 e. The highest BCUT2D eigenvalue weighted by Crippen LogP contribution is 2.31. The lowest BCUT2D eigenvalue weighted by molar-refractivity contribution is -0.120. The number of benzene rings is 1. The molecule has 0 atom stereocenters. The van der Waals surface area contributed by atoms with Crippen LogP contribution in [0.25, 0.3) is 11.0 Å². The first kappa shape index (κ1) is 12.0. The average Bonchev–Trinajstić information content (AvgIpc) is 2.56. The molecule has 1 aromatic carbocycles. The first-order valence-electron chi connectivity index (χ1n) is 5.27. The van der Waals surface area contributed by atoms with Crippen LogP contribution in [0.2, 0.25) is 0 Å². The van der Waals surface area contributed by atoms with E-state index in [2.05, 4.69) is 30.7 Å². The quantitative estimate of drug-likeness (QED) is 0.672. The fourth-order valence-electron chi connectivity index (χ4n) is 1.43. The SMILES string of the molecule is CC(C)(C)Sc1nc2ccc(OC=O)cc2[nH]1. The summed E-state index contributed by atoms with van der Waals surface area (Å²) in [7, 11) is 0. The number of fused-ring (bicyclic) bond motifs is 1. The van der Waals surface area contributed by atoms with Gasteiger partial charge in [0.25, 0.3) is 6.47 Å². The van der Waals surface area contributed by atoms with Crippen LogP contribution in [-0.2, 0) is 4.79 Å². The van der Waals surface area contributed by atoms with Crippen LogP contribution in [0.5, 0.6) is 5.75 Å². The van der Waals surface area contributed by atoms with Gasteiger partial charge < -0.3 is 9.72 Å². The van der Waals surface area contributed by atoms with Crippen molar-refractivity contribution >= 4 is 29.3 Å². The van der Waals surface area contributed by atoms with Gasteiger partial charge in [0, 0.05) is 10.8 Å². The number of nitrogens with one attached hydrogen (secondary N) is 1. The number of aromatic nitrogens is 2. The summed E-state index contributed by atoms with van der Waals surface area (Å²) in [6.07, 6.45) is 0. The molecule has 0 aliphatic heterocycles. The molecule has 0 radical (unpaired) electrons. The molecule has 4 nitrogen and oxygen atoms in total. The molecule has 0 saturated carbocycles. The maximum atomic E-state index is 10.3. The summed E-state index contributed by atoms with van der Waals surface area (Å²) in [5, 5.41) is 0.871. The van der Waals surface area contributed by atoms with E-state index in [9.17, 15) is 4.79 Å². The van der Waals surface area contributed by atoms with Crippen molar-refractivity contribution in [2.75, 3.05) is 0 Å². The van der Waals surface area contributed by atoms with E-state index in [1.54, 1.807) is 23.9 Å². The molecular formula is C12H14N2O2S. The maximum Gasteiger partial charge on any atom is 0.298 e. The number of imidazole rings is 1. The molecule has 0 fully saturated rings. The van der Waals surface area contributed by atoms with Crippen LogP contribution >= 0.6 is 11.8 Å². The van der Waals surface area contributed by atoms with Gasteiger partial charge in [0.1, 0.15) is 5.75 Å². The van der Waals surface area contributed by atoms with Gasteiger partial charge in [0.05, 0.1) is 11.0 Å². The minimum absolute atomic E-state index is 0.107. The zero-order valence-electron chi connectivity index (χ0n) is 9.98. The van der Waals surface area contributed by atoms with E-state index in [1.165, 1.54) is 0 Å². The van der Waals surface area contributed by atoms with Gasteiger partial charge in [0.15, 0.2) is 5.16 Å². The van der Waals surface area contributed by atoms with E-state index in [1.807, 2.05) is 6.07 Å². The molecule has 0 spiro atoms. The fourth-order valence-corrected chi connectivity index (χ4v) is 2.32. The molecule has 5 heteroatoms. The maximum absolute atomic E-state index is 10.3. The summed E-state index contributed by atoms with van der Waals surface area (Å²) in [5.74, 6) is 0.517. The lowest BCUT2D eigenvalue weighted by Crippen LogP contribution is -2.06. The number of aromatic amines is 1. The Morgan fingerprint density at radius 2 is 2.18 bits per heavy atom. The molecule has 90 valence electrons. The molecule has 0 saturated heterocycles. The Balaban J connectivity index is 2.33. The van der Waals surface area contributed by atoms with Gasteiger partial charge in [-0.05, 0) is 12.1 Å². The number of carbonyl (C=O) groups is 1. The van der Waals surface area contributed by atoms with Crippen molar-refractivity contribution < 1.29 is 9.53 Å². The number of ether oxygens (including phenoxy) is 1. The summed E-state index contributed by atoms with van der Waals surface area (Å²) >= 11 is 1.67. The van der Waals surface area contributed by atoms with Gasteiger partial charge in [-0.1, -0.05) is 32.5 Å². The van der Waals surface area contributed by atoms with Gasteiger partial charge in [-0.3, -0.25) is 4.79 Å². The molecular weight excluding hydrogens is 236 g/mol. The van der Waals surface area contributed by atoms with E-state index in [-0.39, 0.29) is 4.75 Å². The Labute approximate surface area is 104 Å². The Morgan fingerprint density at radius 3 is 2.82 bits per heavy atom. The van der Waals surface area contributed by atoms with Crippen molar-refractivity contribution in [2.45, 2.75) is 30.7 Å². The Hall–Kier alpha value is -1.49. The van der Waals surface area contributed by atoms with E-state index < -0.39 is 0 Å². The number of hydrogen-bond acceptors (Lipinski definition) is 4. The first-order valence-corrected chi connectivity index (χ1v) is 6.09. The largest absolute Gasteiger partial charge is 0.429 e. The number of hydrogen-bond donors (Lipinski definition) is 1. The van der Waals surface area contributed by atoms with Gasteiger partial charge in [-0.15, -0.1) is 0 Å². The Bertz CT molecular complexity index is 543. The molecule has 2 aromatic rings. The molecule has 0 aliphatic carbocycles. The Morgan fingerprint density at radius 1 is 1.41 bits per heavy atom. The van der Waals surface area contributed by atoms with Crippen LogP contribution in [-0.4, -0.2) is 21.2 Å². The van der Waals surface area contributed by atoms with Gasteiger partial charge in [0.2, 0.25) is 0 Å². The van der Waals surface area contributed by atoms with Crippen LogP contribution < -0.4 is 4.74 Å². The average molecular weight is 250 g/mol. The second-order valence-corrected chi connectivity index (χ2v) is 6.46. The third-order valence-electron chi connectivity index (χ3n) is 2.02. The highest BCUT2D eigenvalue weighted by atomic mass is 32.2. The van der Waals surface area contributed by atoms with E-state index in [4.69, 9.17) is 4.74 Å². The second kappa shape index (κ2) is 4.41. The third kappa shape index (κ3) is 3.00. The number of H-pyrrole nitrogens is 1. The monoisotopic (exact) mass is 250 g/mol. The highest BCUT2D eigenvalue weighted by Gasteiger charge is 2.15. The summed E-state index contributed by atoms with van der Waals surface area (Å²) in [6.45, 7) is 6.81. The zero-order valence-corrected chi connectivity index (χ0v) is 10.8. The predicted molar refractivity (Wildman–Crippen MR) is 68.4 cm³/mol. The van der Waals surface area contributed by atoms with Gasteiger partial charge in [-0.25, -0.2) is 4.98 Å². The topological polar surface area (TPSA) is 55.0 Å². The van der Waals surface area contributed by atoms with Crippen LogP contribution in [0.1, 0.15) is 20.8 Å². The highest BCUT2D eigenvalue weighted by molar-refractivity contribution is 8.00. The summed E-state index contributed by atoms with van der Waals surface area (Å²) in [6, 6.07) is 5.32. The molecule has 0 unspecified atom stereocenters. The second-order valence-electron chi connectivity index (χ2n) is 4.65. The van der Waals surface area contributed by atoms with Crippen LogP contribution in [0.15, 0.2) is 23.4 Å². The molecule has 1 aromatic heterocycles. The molecule has 0 aliphatic rings. The van der Waals surface area contributed by atoms with Crippen LogP contribution in [0.3, 0.4) is 0 Å². The normalized spacial score (nSPS) is 11.7. The molecule has 1 heterocycles. The van der Waals surface area contributed by atoms with Gasteiger partial charge >= 0.3 is 0 Å². The van der Waals surface area contributed by atoms with E-state index in [0.29, 0.717) is 12.2 Å². The van der Waals surface area contributed by atoms with Crippen molar-refractivity contribution in [1.29, 1.82) is 0 Å². The Kier molecular flexibility index (Phi) is 3.11. The van der Waals surface area contributed by atoms with E-state index >= 15 is 0 Å². The van der Waals surface area contributed by atoms with Crippen molar-refractivity contribution in [2.24, 2.45) is 0 Å². The molecule has 0 bridgehead atoms. The fraction of sp³-hybridized carbons (Fsp3) is 0.333. The predicted octanol–water partition coefficient (Wildman–Crippen LogP) is 2.99. The summed E-state index contributed by atoms with van der Waals surface area (Å²) < 4.78 is 4.90. The number of nitrogens with zero attached hydrogens (tertiary/aromatic N) is 1. The molecule has 0 amide bonds. The third-order valence-corrected chi connectivity index (χ3v) is 3.02. The number of thioether (sulfide) groups is 1. The minimum atomic E-state index is 0.107.